The summed E-state index contributed by atoms with van der Waals surface area (Å²) in [4.78, 5) is 11.4. The van der Waals surface area contributed by atoms with Crippen molar-refractivity contribution in [3.63, 3.8) is 0 Å². The van der Waals surface area contributed by atoms with Crippen LogP contribution in [0.2, 0.25) is 0 Å². The Labute approximate surface area is 110 Å². The number of aryl methyl sites for hydroxylation is 1. The largest absolute Gasteiger partial charge is 0.354 e. The molecule has 1 aromatic heterocycles. The summed E-state index contributed by atoms with van der Waals surface area (Å²) in [6.45, 7) is 8.73. The average Bonchev–Trinajstić information content (AvgIpc) is 2.72. The smallest absolute Gasteiger partial charge is 0.221 e. The first-order valence-corrected chi connectivity index (χ1v) is 6.76. The number of nitrogens with zero attached hydrogens (tertiary/aromatic N) is 1. The molecule has 0 aliphatic carbocycles. The molecule has 1 rings (SSSR count). The average molecular weight is 251 g/mol. The molecule has 1 aromatic rings. The van der Waals surface area contributed by atoms with Gasteiger partial charge >= 0.3 is 0 Å². The predicted octanol–water partition coefficient (Wildman–Crippen LogP) is 1.90. The number of carbonyl (C=O) groups is 1. The third-order valence-corrected chi connectivity index (χ3v) is 2.60. The van der Waals surface area contributed by atoms with Gasteiger partial charge in [0.25, 0.3) is 0 Å². The Hall–Kier alpha value is -1.29. The van der Waals surface area contributed by atoms with E-state index in [9.17, 15) is 4.79 Å². The lowest BCUT2D eigenvalue weighted by atomic mass is 10.3. The van der Waals surface area contributed by atoms with Gasteiger partial charge in [0.05, 0.1) is 0 Å². The van der Waals surface area contributed by atoms with Gasteiger partial charge in [0.2, 0.25) is 5.91 Å². The summed E-state index contributed by atoms with van der Waals surface area (Å²) in [5.41, 5.74) is 1.27. The van der Waals surface area contributed by atoms with Gasteiger partial charge in [0.1, 0.15) is 0 Å². The molecule has 2 N–H and O–H groups in total. The van der Waals surface area contributed by atoms with Crippen LogP contribution < -0.4 is 10.6 Å². The van der Waals surface area contributed by atoms with Crippen molar-refractivity contribution in [2.75, 3.05) is 6.54 Å². The fourth-order valence-electron chi connectivity index (χ4n) is 1.82. The fourth-order valence-corrected chi connectivity index (χ4v) is 1.82. The van der Waals surface area contributed by atoms with Gasteiger partial charge in [0.15, 0.2) is 0 Å². The standard InChI is InChI=1S/C14H25N3O/c1-4-8-17-9-6-13(11-17)10-15-7-5-14(18)16-12(2)3/h6,9,11-12,15H,4-5,7-8,10H2,1-3H3,(H,16,18). The Balaban J connectivity index is 2.15. The summed E-state index contributed by atoms with van der Waals surface area (Å²) in [6.07, 6.45) is 5.95. The maximum atomic E-state index is 11.4. The van der Waals surface area contributed by atoms with Gasteiger partial charge in [0, 0.05) is 44.5 Å². The Morgan fingerprint density at radius 3 is 2.89 bits per heavy atom. The maximum absolute atomic E-state index is 11.4. The first kappa shape index (κ1) is 14.8. The molecule has 1 amide bonds. The maximum Gasteiger partial charge on any atom is 0.221 e. The summed E-state index contributed by atoms with van der Waals surface area (Å²) >= 11 is 0. The number of rotatable bonds is 8. The van der Waals surface area contributed by atoms with Gasteiger partial charge < -0.3 is 15.2 Å². The normalized spacial score (nSPS) is 10.9. The molecule has 0 aliphatic heterocycles. The van der Waals surface area contributed by atoms with E-state index in [4.69, 9.17) is 0 Å². The Bertz CT molecular complexity index is 358. The van der Waals surface area contributed by atoms with Gasteiger partial charge in [-0.2, -0.15) is 0 Å². The Morgan fingerprint density at radius 1 is 1.44 bits per heavy atom. The van der Waals surface area contributed by atoms with Crippen LogP contribution in [0.3, 0.4) is 0 Å². The van der Waals surface area contributed by atoms with Gasteiger partial charge in [-0.05, 0) is 31.9 Å². The van der Waals surface area contributed by atoms with Crippen LogP contribution >= 0.6 is 0 Å². The van der Waals surface area contributed by atoms with Crippen LogP contribution in [0.15, 0.2) is 18.5 Å². The first-order chi connectivity index (χ1) is 8.61. The molecule has 18 heavy (non-hydrogen) atoms. The van der Waals surface area contributed by atoms with Crippen LogP contribution in [0.5, 0.6) is 0 Å². The van der Waals surface area contributed by atoms with Crippen molar-refractivity contribution in [1.82, 2.24) is 15.2 Å². The van der Waals surface area contributed by atoms with E-state index in [0.29, 0.717) is 6.42 Å². The highest BCUT2D eigenvalue weighted by Gasteiger charge is 2.02. The first-order valence-electron chi connectivity index (χ1n) is 6.76. The summed E-state index contributed by atoms with van der Waals surface area (Å²) in [6, 6.07) is 2.34. The number of nitrogens with one attached hydrogen (secondary N) is 2. The quantitative estimate of drug-likeness (QED) is 0.693. The molecule has 0 aromatic carbocycles. The molecule has 0 aliphatic rings. The highest BCUT2D eigenvalue weighted by molar-refractivity contribution is 5.76. The topological polar surface area (TPSA) is 46.1 Å². The summed E-state index contributed by atoms with van der Waals surface area (Å²) in [5, 5.41) is 6.17. The zero-order valence-electron chi connectivity index (χ0n) is 11.7. The van der Waals surface area contributed by atoms with Crippen LogP contribution in [0.25, 0.3) is 0 Å². The molecule has 0 spiro atoms. The molecule has 1 heterocycles. The van der Waals surface area contributed by atoms with Crippen molar-refractivity contribution in [3.05, 3.63) is 24.0 Å². The highest BCUT2D eigenvalue weighted by Crippen LogP contribution is 2.01. The Morgan fingerprint density at radius 2 is 2.22 bits per heavy atom. The molecular formula is C14H25N3O. The number of amides is 1. The highest BCUT2D eigenvalue weighted by atomic mass is 16.1. The molecule has 0 saturated carbocycles. The monoisotopic (exact) mass is 251 g/mol. The summed E-state index contributed by atoms with van der Waals surface area (Å²) < 4.78 is 2.20. The third-order valence-electron chi connectivity index (χ3n) is 2.60. The molecule has 0 bridgehead atoms. The third kappa shape index (κ3) is 5.87. The van der Waals surface area contributed by atoms with Crippen molar-refractivity contribution >= 4 is 5.91 Å². The summed E-state index contributed by atoms with van der Waals surface area (Å²) in [5.74, 6) is 0.112. The second-order valence-corrected chi connectivity index (χ2v) is 4.91. The van der Waals surface area contributed by atoms with Crippen molar-refractivity contribution < 1.29 is 4.79 Å². The van der Waals surface area contributed by atoms with Gasteiger partial charge in [-0.15, -0.1) is 0 Å². The molecule has 102 valence electrons. The van der Waals surface area contributed by atoms with Crippen molar-refractivity contribution in [2.45, 2.75) is 52.7 Å². The zero-order chi connectivity index (χ0) is 13.4. The van der Waals surface area contributed by atoms with E-state index in [1.807, 2.05) is 13.8 Å². The minimum atomic E-state index is 0.112. The van der Waals surface area contributed by atoms with Gasteiger partial charge in [-0.1, -0.05) is 6.92 Å². The molecule has 4 heteroatoms. The van der Waals surface area contributed by atoms with E-state index >= 15 is 0 Å². The van der Waals surface area contributed by atoms with Crippen LogP contribution in [0, 0.1) is 0 Å². The molecule has 0 fully saturated rings. The van der Waals surface area contributed by atoms with E-state index < -0.39 is 0 Å². The van der Waals surface area contributed by atoms with Crippen LogP contribution in [-0.4, -0.2) is 23.1 Å². The number of carbonyl (C=O) groups excluding carboxylic acids is 1. The van der Waals surface area contributed by atoms with E-state index in [1.165, 1.54) is 5.56 Å². The second-order valence-electron chi connectivity index (χ2n) is 4.91. The lowest BCUT2D eigenvalue weighted by Gasteiger charge is -2.08. The molecule has 0 saturated heterocycles. The summed E-state index contributed by atoms with van der Waals surface area (Å²) in [7, 11) is 0. The minimum absolute atomic E-state index is 0.112. The van der Waals surface area contributed by atoms with Crippen molar-refractivity contribution in [1.29, 1.82) is 0 Å². The van der Waals surface area contributed by atoms with Crippen molar-refractivity contribution in [3.8, 4) is 0 Å². The van der Waals surface area contributed by atoms with Crippen LogP contribution in [-0.2, 0) is 17.9 Å². The second kappa shape index (κ2) is 7.93. The van der Waals surface area contributed by atoms with Gasteiger partial charge in [-0.25, -0.2) is 0 Å². The Kier molecular flexibility index (Phi) is 6.50. The minimum Gasteiger partial charge on any atom is -0.354 e. The lowest BCUT2D eigenvalue weighted by molar-refractivity contribution is -0.121. The number of aromatic nitrogens is 1. The zero-order valence-corrected chi connectivity index (χ0v) is 11.7. The lowest BCUT2D eigenvalue weighted by Crippen LogP contribution is -2.32. The molecular weight excluding hydrogens is 226 g/mol. The molecule has 4 nitrogen and oxygen atoms in total. The van der Waals surface area contributed by atoms with E-state index in [1.54, 1.807) is 0 Å². The van der Waals surface area contributed by atoms with Crippen LogP contribution in [0.1, 0.15) is 39.2 Å². The van der Waals surface area contributed by atoms with Crippen LogP contribution in [0.4, 0.5) is 0 Å². The fraction of sp³-hybridized carbons (Fsp3) is 0.643. The molecule has 0 atom stereocenters. The van der Waals surface area contributed by atoms with Crippen molar-refractivity contribution in [2.24, 2.45) is 0 Å². The predicted molar refractivity (Wildman–Crippen MR) is 74.3 cm³/mol. The van der Waals surface area contributed by atoms with E-state index in [-0.39, 0.29) is 11.9 Å². The number of hydrogen-bond acceptors (Lipinski definition) is 2. The van der Waals surface area contributed by atoms with E-state index in [2.05, 4.69) is 40.6 Å². The van der Waals surface area contributed by atoms with Gasteiger partial charge in [-0.3, -0.25) is 4.79 Å². The van der Waals surface area contributed by atoms with E-state index in [0.717, 1.165) is 26.1 Å². The SMILES string of the molecule is CCCn1ccc(CNCCC(=O)NC(C)C)c1. The molecule has 0 unspecified atom stereocenters. The molecule has 0 radical (unpaired) electrons. The number of hydrogen-bond donors (Lipinski definition) is 2.